The average Bonchev–Trinajstić information content (AvgIpc) is 2.70. The van der Waals surface area contributed by atoms with E-state index in [0.717, 1.165) is 18.7 Å². The molecule has 4 nitrogen and oxygen atoms in total. The number of halogens is 1. The predicted molar refractivity (Wildman–Crippen MR) is 69.3 cm³/mol. The van der Waals surface area contributed by atoms with Gasteiger partial charge in [0, 0.05) is 18.6 Å². The van der Waals surface area contributed by atoms with E-state index in [2.05, 4.69) is 10.2 Å². The highest BCUT2D eigenvalue weighted by molar-refractivity contribution is 7.71. The number of hydrogen-bond acceptors (Lipinski definition) is 3. The van der Waals surface area contributed by atoms with E-state index in [1.165, 1.54) is 19.2 Å². The summed E-state index contributed by atoms with van der Waals surface area (Å²) in [6.45, 7) is 2.05. The molecule has 0 unspecified atom stereocenters. The van der Waals surface area contributed by atoms with Gasteiger partial charge in [0.1, 0.15) is 17.4 Å². The van der Waals surface area contributed by atoms with Crippen LogP contribution in [0.2, 0.25) is 0 Å². The summed E-state index contributed by atoms with van der Waals surface area (Å²) < 4.78 is 20.7. The number of hydrogen-bond donors (Lipinski definition) is 1. The molecule has 1 N–H and O–H groups in total. The third kappa shape index (κ3) is 2.43. The molecule has 0 fully saturated rings. The van der Waals surface area contributed by atoms with Crippen LogP contribution in [0.15, 0.2) is 18.2 Å². The van der Waals surface area contributed by atoms with Crippen molar-refractivity contribution in [3.8, 4) is 11.4 Å². The minimum Gasteiger partial charge on any atom is -0.497 e. The van der Waals surface area contributed by atoms with Crippen molar-refractivity contribution in [1.29, 1.82) is 0 Å². The van der Waals surface area contributed by atoms with Gasteiger partial charge < -0.3 is 4.74 Å². The number of methoxy groups -OCH3 is 1. The fourth-order valence-corrected chi connectivity index (χ4v) is 2.04. The summed E-state index contributed by atoms with van der Waals surface area (Å²) in [7, 11) is 1.50. The molecule has 2 rings (SSSR count). The summed E-state index contributed by atoms with van der Waals surface area (Å²) in [5.74, 6) is 0.876. The molecule has 0 aliphatic rings. The Kier molecular flexibility index (Phi) is 3.76. The van der Waals surface area contributed by atoms with E-state index in [1.54, 1.807) is 10.6 Å². The van der Waals surface area contributed by atoms with Gasteiger partial charge in [0.25, 0.3) is 0 Å². The number of rotatable bonds is 4. The SMILES string of the molecule is CCCc1n[nH]c(=S)n1-c1cc(F)cc(OC)c1. The zero-order valence-corrected chi connectivity index (χ0v) is 11.1. The lowest BCUT2D eigenvalue weighted by molar-refractivity contribution is 0.411. The highest BCUT2D eigenvalue weighted by Crippen LogP contribution is 2.20. The van der Waals surface area contributed by atoms with E-state index >= 15 is 0 Å². The summed E-state index contributed by atoms with van der Waals surface area (Å²) in [6, 6.07) is 4.47. The second-order valence-corrected chi connectivity index (χ2v) is 4.27. The lowest BCUT2D eigenvalue weighted by Gasteiger charge is -2.08. The summed E-state index contributed by atoms with van der Waals surface area (Å²) in [5, 5.41) is 6.88. The average molecular weight is 267 g/mol. The second kappa shape index (κ2) is 5.30. The van der Waals surface area contributed by atoms with Gasteiger partial charge in [0.2, 0.25) is 0 Å². The number of nitrogens with one attached hydrogen (secondary N) is 1. The van der Waals surface area contributed by atoms with Gasteiger partial charge in [0.15, 0.2) is 4.77 Å². The molecule has 0 saturated carbocycles. The molecule has 1 aromatic heterocycles. The quantitative estimate of drug-likeness (QED) is 0.866. The first-order valence-corrected chi connectivity index (χ1v) is 6.07. The predicted octanol–water partition coefficient (Wildman–Crippen LogP) is 3.03. The van der Waals surface area contributed by atoms with Gasteiger partial charge in [-0.3, -0.25) is 9.67 Å². The molecular weight excluding hydrogens is 253 g/mol. The van der Waals surface area contributed by atoms with E-state index in [9.17, 15) is 4.39 Å². The van der Waals surface area contributed by atoms with Crippen LogP contribution in [0.1, 0.15) is 19.2 Å². The number of aryl methyl sites for hydroxylation is 1. The van der Waals surface area contributed by atoms with Crippen LogP contribution >= 0.6 is 12.2 Å². The minimum atomic E-state index is -0.366. The molecule has 0 amide bonds. The second-order valence-electron chi connectivity index (χ2n) is 3.88. The molecule has 18 heavy (non-hydrogen) atoms. The Balaban J connectivity index is 2.57. The molecule has 0 saturated heterocycles. The van der Waals surface area contributed by atoms with Crippen LogP contribution in [0.3, 0.4) is 0 Å². The van der Waals surface area contributed by atoms with Crippen molar-refractivity contribution in [3.63, 3.8) is 0 Å². The summed E-state index contributed by atoms with van der Waals surface area (Å²) in [5.41, 5.74) is 0.619. The van der Waals surface area contributed by atoms with E-state index in [0.29, 0.717) is 16.2 Å². The van der Waals surface area contributed by atoms with Crippen molar-refractivity contribution >= 4 is 12.2 Å². The molecule has 6 heteroatoms. The van der Waals surface area contributed by atoms with Crippen molar-refractivity contribution in [2.24, 2.45) is 0 Å². The standard InChI is InChI=1S/C12H14FN3OS/c1-3-4-11-14-15-12(18)16(11)9-5-8(13)6-10(7-9)17-2/h5-7H,3-4H2,1-2H3,(H,15,18). The van der Waals surface area contributed by atoms with Crippen LogP contribution in [-0.2, 0) is 6.42 Å². The lowest BCUT2D eigenvalue weighted by atomic mass is 10.2. The first kappa shape index (κ1) is 12.8. The molecule has 0 atom stereocenters. The van der Waals surface area contributed by atoms with Gasteiger partial charge >= 0.3 is 0 Å². The van der Waals surface area contributed by atoms with Crippen LogP contribution in [0, 0.1) is 10.6 Å². The fourth-order valence-electron chi connectivity index (χ4n) is 1.78. The Morgan fingerprint density at radius 1 is 1.44 bits per heavy atom. The topological polar surface area (TPSA) is 42.8 Å². The lowest BCUT2D eigenvalue weighted by Crippen LogP contribution is -2.02. The molecule has 1 aromatic carbocycles. The van der Waals surface area contributed by atoms with Gasteiger partial charge in [0.05, 0.1) is 12.8 Å². The van der Waals surface area contributed by atoms with Crippen molar-refractivity contribution in [2.45, 2.75) is 19.8 Å². The first-order chi connectivity index (χ1) is 8.65. The number of aromatic amines is 1. The van der Waals surface area contributed by atoms with Crippen LogP contribution in [-0.4, -0.2) is 21.9 Å². The summed E-state index contributed by atoms with van der Waals surface area (Å²) >= 11 is 5.17. The normalized spacial score (nSPS) is 10.6. The Morgan fingerprint density at radius 3 is 2.89 bits per heavy atom. The highest BCUT2D eigenvalue weighted by Gasteiger charge is 2.10. The largest absolute Gasteiger partial charge is 0.497 e. The van der Waals surface area contributed by atoms with Crippen molar-refractivity contribution in [1.82, 2.24) is 14.8 Å². The fraction of sp³-hybridized carbons (Fsp3) is 0.333. The van der Waals surface area contributed by atoms with Gasteiger partial charge in [-0.1, -0.05) is 6.92 Å². The Bertz CT molecular complexity index is 606. The number of ether oxygens (including phenoxy) is 1. The summed E-state index contributed by atoms with van der Waals surface area (Å²) in [4.78, 5) is 0. The maximum atomic E-state index is 13.5. The van der Waals surface area contributed by atoms with Crippen molar-refractivity contribution in [2.75, 3.05) is 7.11 Å². The van der Waals surface area contributed by atoms with E-state index in [1.807, 2.05) is 6.92 Å². The molecule has 96 valence electrons. The van der Waals surface area contributed by atoms with E-state index < -0.39 is 0 Å². The van der Waals surface area contributed by atoms with Crippen LogP contribution in [0.25, 0.3) is 5.69 Å². The molecule has 1 heterocycles. The van der Waals surface area contributed by atoms with Crippen LogP contribution < -0.4 is 4.74 Å². The number of aromatic nitrogens is 3. The molecule has 0 aliphatic carbocycles. The molecule has 2 aromatic rings. The maximum Gasteiger partial charge on any atom is 0.199 e. The molecule has 0 aliphatic heterocycles. The van der Waals surface area contributed by atoms with Crippen molar-refractivity contribution < 1.29 is 9.13 Å². The Morgan fingerprint density at radius 2 is 2.22 bits per heavy atom. The number of H-pyrrole nitrogens is 1. The van der Waals surface area contributed by atoms with Gasteiger partial charge in [-0.05, 0) is 24.7 Å². The highest BCUT2D eigenvalue weighted by atomic mass is 32.1. The zero-order chi connectivity index (χ0) is 13.1. The third-order valence-corrected chi connectivity index (χ3v) is 2.84. The third-order valence-electron chi connectivity index (χ3n) is 2.57. The summed E-state index contributed by atoms with van der Waals surface area (Å²) in [6.07, 6.45) is 1.71. The molecule has 0 bridgehead atoms. The Labute approximate surface area is 109 Å². The molecule has 0 spiro atoms. The van der Waals surface area contributed by atoms with Gasteiger partial charge in [-0.25, -0.2) is 4.39 Å². The van der Waals surface area contributed by atoms with Crippen LogP contribution in [0.4, 0.5) is 4.39 Å². The number of nitrogens with zero attached hydrogens (tertiary/aromatic N) is 2. The molecular formula is C12H14FN3OS. The zero-order valence-electron chi connectivity index (χ0n) is 10.2. The van der Waals surface area contributed by atoms with Crippen LogP contribution in [0.5, 0.6) is 5.75 Å². The van der Waals surface area contributed by atoms with Gasteiger partial charge in [-0.15, -0.1) is 0 Å². The molecule has 0 radical (unpaired) electrons. The van der Waals surface area contributed by atoms with E-state index in [4.69, 9.17) is 17.0 Å². The van der Waals surface area contributed by atoms with Crippen molar-refractivity contribution in [3.05, 3.63) is 34.6 Å². The van der Waals surface area contributed by atoms with Gasteiger partial charge in [-0.2, -0.15) is 5.10 Å². The number of benzene rings is 1. The van der Waals surface area contributed by atoms with E-state index in [-0.39, 0.29) is 5.82 Å². The maximum absolute atomic E-state index is 13.5. The minimum absolute atomic E-state index is 0.366. The first-order valence-electron chi connectivity index (χ1n) is 5.67. The Hall–Kier alpha value is -1.69. The smallest absolute Gasteiger partial charge is 0.199 e. The monoisotopic (exact) mass is 267 g/mol.